The van der Waals surface area contributed by atoms with E-state index in [1.807, 2.05) is 29.5 Å². The van der Waals surface area contributed by atoms with Crippen molar-refractivity contribution in [3.63, 3.8) is 0 Å². The lowest BCUT2D eigenvalue weighted by Gasteiger charge is -2.13. The Bertz CT molecular complexity index is 1270. The van der Waals surface area contributed by atoms with Crippen LogP contribution < -0.4 is 10.1 Å². The highest BCUT2D eigenvalue weighted by Gasteiger charge is 2.36. The van der Waals surface area contributed by atoms with Crippen LogP contribution in [0.15, 0.2) is 35.2 Å². The first-order valence-electron chi connectivity index (χ1n) is 11.3. The van der Waals surface area contributed by atoms with Gasteiger partial charge in [0.25, 0.3) is 11.1 Å². The molecule has 0 atom stereocenters. The van der Waals surface area contributed by atoms with Crippen LogP contribution in [0.4, 0.5) is 10.5 Å². The van der Waals surface area contributed by atoms with Gasteiger partial charge in [0, 0.05) is 5.69 Å². The number of anilines is 1. The van der Waals surface area contributed by atoms with Crippen molar-refractivity contribution in [2.45, 2.75) is 26.7 Å². The summed E-state index contributed by atoms with van der Waals surface area (Å²) in [5.41, 5.74) is 0.918. The van der Waals surface area contributed by atoms with Gasteiger partial charge in [-0.3, -0.25) is 19.3 Å². The molecular weight excluding hydrogens is 635 g/mol. The lowest BCUT2D eigenvalue weighted by atomic mass is 10.2. The predicted molar refractivity (Wildman–Crippen MR) is 150 cm³/mol. The maximum absolute atomic E-state index is 12.9. The number of halogens is 2. The highest BCUT2D eigenvalue weighted by molar-refractivity contribution is 14.1. The average molecular weight is 659 g/mol. The van der Waals surface area contributed by atoms with Crippen LogP contribution in [-0.2, 0) is 14.3 Å². The molecule has 9 nitrogen and oxygen atoms in total. The minimum atomic E-state index is -0.631. The maximum Gasteiger partial charge on any atom is 0.339 e. The molecule has 2 aromatic rings. The van der Waals surface area contributed by atoms with Gasteiger partial charge >= 0.3 is 5.97 Å². The van der Waals surface area contributed by atoms with Gasteiger partial charge in [0.05, 0.1) is 32.3 Å². The number of phenolic OH excluding ortho intramolecular Hbond substituents is 1. The molecular formula is C25H24ClIN2O7S. The fourth-order valence-electron chi connectivity index (χ4n) is 3.22. The lowest BCUT2D eigenvalue weighted by Crippen LogP contribution is -2.36. The molecule has 0 aromatic heterocycles. The van der Waals surface area contributed by atoms with E-state index in [9.17, 15) is 24.3 Å². The molecule has 37 heavy (non-hydrogen) atoms. The molecule has 2 aromatic carbocycles. The zero-order valence-corrected chi connectivity index (χ0v) is 23.7. The number of ether oxygens (including phenoxy) is 2. The topological polar surface area (TPSA) is 122 Å². The largest absolute Gasteiger partial charge is 0.504 e. The van der Waals surface area contributed by atoms with Crippen molar-refractivity contribution >= 4 is 80.7 Å². The van der Waals surface area contributed by atoms with Crippen LogP contribution in [0.3, 0.4) is 0 Å². The number of nitrogens with one attached hydrogen (secondary N) is 1. The van der Waals surface area contributed by atoms with Crippen LogP contribution in [0.25, 0.3) is 6.08 Å². The van der Waals surface area contributed by atoms with Crippen LogP contribution in [0.5, 0.6) is 11.5 Å². The second-order valence-electron chi connectivity index (χ2n) is 7.78. The highest BCUT2D eigenvalue weighted by atomic mass is 127. The molecule has 1 saturated heterocycles. The number of thioether (sulfide) groups is 1. The third kappa shape index (κ3) is 7.39. The first-order valence-corrected chi connectivity index (χ1v) is 13.6. The van der Waals surface area contributed by atoms with Crippen molar-refractivity contribution in [2.24, 2.45) is 0 Å². The number of imide groups is 1. The van der Waals surface area contributed by atoms with Crippen molar-refractivity contribution in [1.82, 2.24) is 4.90 Å². The van der Waals surface area contributed by atoms with Gasteiger partial charge in [0.1, 0.15) is 6.54 Å². The van der Waals surface area contributed by atoms with Crippen LogP contribution in [0, 0.1) is 3.57 Å². The van der Waals surface area contributed by atoms with Gasteiger partial charge in [-0.25, -0.2) is 4.79 Å². The van der Waals surface area contributed by atoms with Crippen molar-refractivity contribution in [3.8, 4) is 11.5 Å². The number of rotatable bonds is 10. The smallest absolute Gasteiger partial charge is 0.339 e. The summed E-state index contributed by atoms with van der Waals surface area (Å²) in [7, 11) is 0. The third-order valence-corrected chi connectivity index (χ3v) is 7.08. The molecule has 1 aliphatic heterocycles. The van der Waals surface area contributed by atoms with Crippen molar-refractivity contribution in [1.29, 1.82) is 0 Å². The Morgan fingerprint density at radius 1 is 1.22 bits per heavy atom. The summed E-state index contributed by atoms with van der Waals surface area (Å²) in [5.74, 6) is -1.61. The number of hydrogen-bond donors (Lipinski definition) is 2. The summed E-state index contributed by atoms with van der Waals surface area (Å²) < 4.78 is 11.1. The first-order chi connectivity index (χ1) is 17.6. The number of nitrogens with zero attached hydrogens (tertiary/aromatic N) is 1. The number of phenols is 1. The first kappa shape index (κ1) is 28.8. The molecule has 196 valence electrons. The van der Waals surface area contributed by atoms with E-state index in [1.165, 1.54) is 24.3 Å². The summed E-state index contributed by atoms with van der Waals surface area (Å²) in [4.78, 5) is 51.2. The van der Waals surface area contributed by atoms with Crippen LogP contribution >= 0.6 is 46.0 Å². The Labute approximate surface area is 236 Å². The fraction of sp³-hybridized carbons (Fsp3) is 0.280. The van der Waals surface area contributed by atoms with Gasteiger partial charge in [-0.1, -0.05) is 24.9 Å². The van der Waals surface area contributed by atoms with Crippen LogP contribution in [0.1, 0.15) is 42.6 Å². The molecule has 1 heterocycles. The molecule has 0 radical (unpaired) electrons. The summed E-state index contributed by atoms with van der Waals surface area (Å²) in [6.45, 7) is 3.83. The van der Waals surface area contributed by atoms with Crippen molar-refractivity contribution in [3.05, 3.63) is 55.0 Å². The van der Waals surface area contributed by atoms with Gasteiger partial charge in [0.15, 0.2) is 11.5 Å². The number of carbonyl (C=O) groups excluding carboxylic acids is 4. The molecule has 0 spiro atoms. The molecule has 3 rings (SSSR count). The van der Waals surface area contributed by atoms with E-state index in [1.54, 1.807) is 19.1 Å². The molecule has 1 aliphatic rings. The van der Waals surface area contributed by atoms with E-state index in [0.717, 1.165) is 11.3 Å². The Morgan fingerprint density at radius 3 is 2.68 bits per heavy atom. The van der Waals surface area contributed by atoms with E-state index in [2.05, 4.69) is 5.32 Å². The Balaban J connectivity index is 1.70. The van der Waals surface area contributed by atoms with Crippen molar-refractivity contribution in [2.75, 3.05) is 25.1 Å². The third-order valence-electron chi connectivity index (χ3n) is 5.02. The molecule has 1 fully saturated rings. The molecule has 0 aliphatic carbocycles. The maximum atomic E-state index is 12.9. The number of amides is 3. The number of esters is 1. The second kappa shape index (κ2) is 13.2. The van der Waals surface area contributed by atoms with Gasteiger partial charge in [-0.05, 0) is 89.7 Å². The van der Waals surface area contributed by atoms with Gasteiger partial charge in [-0.15, -0.1) is 0 Å². The van der Waals surface area contributed by atoms with E-state index in [-0.39, 0.29) is 39.3 Å². The van der Waals surface area contributed by atoms with E-state index in [0.29, 0.717) is 33.9 Å². The summed E-state index contributed by atoms with van der Waals surface area (Å²) in [5, 5.41) is 12.3. The Kier molecular flexibility index (Phi) is 10.2. The zero-order valence-electron chi connectivity index (χ0n) is 20.0. The minimum absolute atomic E-state index is 0.0102. The molecule has 0 saturated carbocycles. The van der Waals surface area contributed by atoms with E-state index in [4.69, 9.17) is 21.1 Å². The average Bonchev–Trinajstić information content (AvgIpc) is 3.10. The number of unbranched alkanes of at least 4 members (excludes halogenated alkanes) is 1. The quantitative estimate of drug-likeness (QED) is 0.145. The SMILES string of the molecule is CCCCOC(=O)c1cc(NC(=O)CN2C(=O)S/C(=C/c3cc(I)c(O)c(OCC)c3)C2=O)ccc1Cl. The molecule has 0 unspecified atom stereocenters. The molecule has 2 N–H and O–H groups in total. The normalized spacial score (nSPS) is 14.3. The minimum Gasteiger partial charge on any atom is -0.504 e. The van der Waals surface area contributed by atoms with Gasteiger partial charge < -0.3 is 19.9 Å². The fourth-order valence-corrected chi connectivity index (χ4v) is 4.88. The molecule has 0 bridgehead atoms. The highest BCUT2D eigenvalue weighted by Crippen LogP contribution is 2.36. The van der Waals surface area contributed by atoms with E-state index >= 15 is 0 Å². The zero-order chi connectivity index (χ0) is 27.1. The number of aromatic hydroxyl groups is 1. The summed E-state index contributed by atoms with van der Waals surface area (Å²) in [6.07, 6.45) is 3.08. The van der Waals surface area contributed by atoms with Crippen molar-refractivity contribution < 1.29 is 33.8 Å². The Morgan fingerprint density at radius 2 is 1.97 bits per heavy atom. The monoisotopic (exact) mass is 658 g/mol. The van der Waals surface area contributed by atoms with E-state index < -0.39 is 29.6 Å². The van der Waals surface area contributed by atoms with Crippen LogP contribution in [-0.4, -0.2) is 52.8 Å². The second-order valence-corrected chi connectivity index (χ2v) is 10.3. The van der Waals surface area contributed by atoms with Gasteiger partial charge in [0.2, 0.25) is 5.91 Å². The molecule has 12 heteroatoms. The number of benzene rings is 2. The van der Waals surface area contributed by atoms with Crippen LogP contribution in [0.2, 0.25) is 5.02 Å². The number of carbonyl (C=O) groups is 4. The predicted octanol–water partition coefficient (Wildman–Crippen LogP) is 5.68. The molecule has 3 amide bonds. The summed E-state index contributed by atoms with van der Waals surface area (Å²) >= 11 is 8.75. The van der Waals surface area contributed by atoms with Gasteiger partial charge in [-0.2, -0.15) is 0 Å². The number of hydrogen-bond acceptors (Lipinski definition) is 8. The standard InChI is InChI=1S/C25H24ClIN2O7S/c1-3-5-8-36-24(33)16-12-15(6-7-17(16)26)28-21(30)13-29-23(32)20(37-25(29)34)11-14-9-18(27)22(31)19(10-14)35-4-2/h6-7,9-12,31H,3-5,8,13H2,1-2H3,(H,28,30)/b20-11+. The lowest BCUT2D eigenvalue weighted by molar-refractivity contribution is -0.127. The Hall–Kier alpha value is -2.77. The summed E-state index contributed by atoms with van der Waals surface area (Å²) in [6, 6.07) is 7.54.